The summed E-state index contributed by atoms with van der Waals surface area (Å²) in [6.07, 6.45) is 4.23. The number of allylic oxidation sites excluding steroid dienone is 3. The van der Waals surface area contributed by atoms with Gasteiger partial charge >= 0.3 is 0 Å². The molecule has 0 aliphatic carbocycles. The number of nitrogens with one attached hydrogen (secondary N) is 1. The Labute approximate surface area is 120 Å². The lowest BCUT2D eigenvalue weighted by molar-refractivity contribution is 1.33. The molecule has 0 bridgehead atoms. The molecule has 0 spiro atoms. The van der Waals surface area contributed by atoms with Gasteiger partial charge in [-0.25, -0.2) is 0 Å². The van der Waals surface area contributed by atoms with Crippen molar-refractivity contribution in [1.82, 2.24) is 0 Å². The van der Waals surface area contributed by atoms with Crippen LogP contribution < -0.4 is 5.32 Å². The SMILES string of the molecule is C=C1C(C)=C(/C=C/c2ccccc2)Nc2ccccc21. The van der Waals surface area contributed by atoms with Crippen LogP contribution in [0, 0.1) is 0 Å². The van der Waals surface area contributed by atoms with E-state index in [0.29, 0.717) is 0 Å². The zero-order chi connectivity index (χ0) is 13.9. The van der Waals surface area contributed by atoms with Gasteiger partial charge in [-0.1, -0.05) is 61.2 Å². The first-order valence-corrected chi connectivity index (χ1v) is 6.75. The van der Waals surface area contributed by atoms with E-state index in [1.54, 1.807) is 0 Å². The second kappa shape index (κ2) is 5.22. The molecule has 98 valence electrons. The zero-order valence-corrected chi connectivity index (χ0v) is 11.6. The smallest absolute Gasteiger partial charge is 0.0463 e. The number of anilines is 1. The second-order valence-corrected chi connectivity index (χ2v) is 4.93. The highest BCUT2D eigenvalue weighted by Gasteiger charge is 2.15. The van der Waals surface area contributed by atoms with Crippen LogP contribution in [-0.4, -0.2) is 0 Å². The summed E-state index contributed by atoms with van der Waals surface area (Å²) < 4.78 is 0. The molecule has 1 heterocycles. The Morgan fingerprint density at radius 2 is 1.60 bits per heavy atom. The number of fused-ring (bicyclic) bond motifs is 1. The van der Waals surface area contributed by atoms with Crippen LogP contribution in [0.1, 0.15) is 18.1 Å². The number of benzene rings is 2. The van der Waals surface area contributed by atoms with Crippen LogP contribution in [0.5, 0.6) is 0 Å². The second-order valence-electron chi connectivity index (χ2n) is 4.93. The molecule has 0 saturated heterocycles. The van der Waals surface area contributed by atoms with Gasteiger partial charge in [-0.3, -0.25) is 0 Å². The Kier molecular flexibility index (Phi) is 3.26. The highest BCUT2D eigenvalue weighted by molar-refractivity contribution is 5.90. The molecule has 1 aliphatic rings. The van der Waals surface area contributed by atoms with Crippen molar-refractivity contribution in [2.24, 2.45) is 0 Å². The van der Waals surface area contributed by atoms with E-state index in [0.717, 1.165) is 17.0 Å². The van der Waals surface area contributed by atoms with Gasteiger partial charge in [0.2, 0.25) is 0 Å². The summed E-state index contributed by atoms with van der Waals surface area (Å²) >= 11 is 0. The average Bonchev–Trinajstić information content (AvgIpc) is 2.50. The van der Waals surface area contributed by atoms with Crippen molar-refractivity contribution in [1.29, 1.82) is 0 Å². The minimum atomic E-state index is 1.09. The molecule has 0 saturated carbocycles. The molecule has 0 atom stereocenters. The van der Waals surface area contributed by atoms with E-state index in [-0.39, 0.29) is 0 Å². The van der Waals surface area contributed by atoms with E-state index < -0.39 is 0 Å². The fourth-order valence-corrected chi connectivity index (χ4v) is 2.37. The zero-order valence-electron chi connectivity index (χ0n) is 11.6. The molecule has 0 fully saturated rings. The van der Waals surface area contributed by atoms with Crippen molar-refractivity contribution in [2.75, 3.05) is 5.32 Å². The minimum absolute atomic E-state index is 1.09. The maximum absolute atomic E-state index is 4.21. The van der Waals surface area contributed by atoms with Crippen LogP contribution in [-0.2, 0) is 0 Å². The van der Waals surface area contributed by atoms with Crippen molar-refractivity contribution >= 4 is 17.3 Å². The number of hydrogen-bond donors (Lipinski definition) is 1. The number of para-hydroxylation sites is 1. The molecule has 20 heavy (non-hydrogen) atoms. The monoisotopic (exact) mass is 259 g/mol. The van der Waals surface area contributed by atoms with Gasteiger partial charge in [0.25, 0.3) is 0 Å². The lowest BCUT2D eigenvalue weighted by Crippen LogP contribution is -2.09. The molecule has 1 N–H and O–H groups in total. The summed E-state index contributed by atoms with van der Waals surface area (Å²) in [6, 6.07) is 18.6. The summed E-state index contributed by atoms with van der Waals surface area (Å²) in [6.45, 7) is 6.32. The highest BCUT2D eigenvalue weighted by Crippen LogP contribution is 2.35. The maximum Gasteiger partial charge on any atom is 0.0463 e. The first kappa shape index (κ1) is 12.5. The fraction of sp³-hybridized carbons (Fsp3) is 0.0526. The lowest BCUT2D eigenvalue weighted by atomic mass is 9.93. The first-order chi connectivity index (χ1) is 9.75. The molecular formula is C19H17N. The summed E-state index contributed by atoms with van der Waals surface area (Å²) in [5.74, 6) is 0. The third-order valence-corrected chi connectivity index (χ3v) is 3.62. The Bertz CT molecular complexity index is 706. The summed E-state index contributed by atoms with van der Waals surface area (Å²) in [5.41, 5.74) is 6.89. The van der Waals surface area contributed by atoms with E-state index >= 15 is 0 Å². The van der Waals surface area contributed by atoms with E-state index in [2.05, 4.69) is 55.2 Å². The van der Waals surface area contributed by atoms with Gasteiger partial charge in [-0.15, -0.1) is 0 Å². The standard InChI is InChI=1S/C19H17N/c1-14-15(2)18(13-12-16-8-4-3-5-9-16)20-19-11-7-6-10-17(14)19/h3-13,20H,1H2,2H3/b13-12+. The third kappa shape index (κ3) is 2.30. The quantitative estimate of drug-likeness (QED) is 0.790. The lowest BCUT2D eigenvalue weighted by Gasteiger charge is -2.23. The molecule has 2 aromatic rings. The Morgan fingerprint density at radius 3 is 2.40 bits per heavy atom. The topological polar surface area (TPSA) is 12.0 Å². The minimum Gasteiger partial charge on any atom is -0.355 e. The number of rotatable bonds is 2. The number of hydrogen-bond acceptors (Lipinski definition) is 1. The fourth-order valence-electron chi connectivity index (χ4n) is 2.37. The molecule has 0 unspecified atom stereocenters. The molecular weight excluding hydrogens is 242 g/mol. The summed E-state index contributed by atoms with van der Waals surface area (Å²) in [7, 11) is 0. The Morgan fingerprint density at radius 1 is 0.900 bits per heavy atom. The van der Waals surface area contributed by atoms with Gasteiger partial charge in [0.05, 0.1) is 0 Å². The van der Waals surface area contributed by atoms with Gasteiger partial charge in [-0.2, -0.15) is 0 Å². The predicted molar refractivity (Wildman–Crippen MR) is 87.3 cm³/mol. The van der Waals surface area contributed by atoms with Crippen molar-refractivity contribution in [3.8, 4) is 0 Å². The summed E-state index contributed by atoms with van der Waals surface area (Å²) in [4.78, 5) is 0. The normalized spacial score (nSPS) is 14.3. The van der Waals surface area contributed by atoms with Gasteiger partial charge < -0.3 is 5.32 Å². The Hall–Kier alpha value is -2.54. The molecule has 2 aromatic carbocycles. The molecule has 3 rings (SSSR count). The Balaban J connectivity index is 1.93. The van der Waals surface area contributed by atoms with Crippen LogP contribution in [0.25, 0.3) is 11.6 Å². The van der Waals surface area contributed by atoms with Gasteiger partial charge in [0, 0.05) is 16.9 Å². The van der Waals surface area contributed by atoms with Crippen molar-refractivity contribution < 1.29 is 0 Å². The van der Waals surface area contributed by atoms with Crippen molar-refractivity contribution in [2.45, 2.75) is 6.92 Å². The van der Waals surface area contributed by atoms with E-state index in [9.17, 15) is 0 Å². The molecule has 0 radical (unpaired) electrons. The molecule has 0 aromatic heterocycles. The van der Waals surface area contributed by atoms with Crippen LogP contribution in [0.4, 0.5) is 5.69 Å². The van der Waals surface area contributed by atoms with Crippen LogP contribution in [0.15, 0.2) is 78.5 Å². The van der Waals surface area contributed by atoms with Crippen molar-refractivity contribution in [3.05, 3.63) is 89.6 Å². The van der Waals surface area contributed by atoms with Crippen LogP contribution in [0.3, 0.4) is 0 Å². The largest absolute Gasteiger partial charge is 0.355 e. The summed E-state index contributed by atoms with van der Waals surface area (Å²) in [5, 5.41) is 3.48. The van der Waals surface area contributed by atoms with E-state index in [4.69, 9.17) is 0 Å². The molecule has 1 nitrogen and oxygen atoms in total. The molecule has 1 heteroatoms. The van der Waals surface area contributed by atoms with E-state index in [1.165, 1.54) is 16.7 Å². The predicted octanol–water partition coefficient (Wildman–Crippen LogP) is 5.11. The maximum atomic E-state index is 4.21. The highest BCUT2D eigenvalue weighted by atomic mass is 14.9. The average molecular weight is 259 g/mol. The van der Waals surface area contributed by atoms with Crippen molar-refractivity contribution in [3.63, 3.8) is 0 Å². The molecule has 0 amide bonds. The van der Waals surface area contributed by atoms with Crippen LogP contribution >= 0.6 is 0 Å². The first-order valence-electron chi connectivity index (χ1n) is 6.75. The van der Waals surface area contributed by atoms with Crippen LogP contribution in [0.2, 0.25) is 0 Å². The van der Waals surface area contributed by atoms with E-state index in [1.807, 2.05) is 30.3 Å². The van der Waals surface area contributed by atoms with Gasteiger partial charge in [0.1, 0.15) is 0 Å². The molecule has 1 aliphatic heterocycles. The van der Waals surface area contributed by atoms with Gasteiger partial charge in [-0.05, 0) is 35.8 Å². The third-order valence-electron chi connectivity index (χ3n) is 3.62. The van der Waals surface area contributed by atoms with Gasteiger partial charge in [0.15, 0.2) is 0 Å².